The maximum atomic E-state index is 13.2. The molecule has 0 aliphatic carbocycles. The maximum Gasteiger partial charge on any atom is 0.272 e. The molecule has 0 unspecified atom stereocenters. The van der Waals surface area contributed by atoms with Crippen LogP contribution in [0.25, 0.3) is 10.9 Å². The summed E-state index contributed by atoms with van der Waals surface area (Å²) in [6, 6.07) is 15.8. The van der Waals surface area contributed by atoms with Crippen molar-refractivity contribution in [3.63, 3.8) is 0 Å². The number of benzene rings is 1. The molecule has 0 saturated carbocycles. The monoisotopic (exact) mass is 349 g/mol. The van der Waals surface area contributed by atoms with Gasteiger partial charge in [-0.1, -0.05) is 24.3 Å². The molecular weight excluding hydrogens is 326 g/mol. The van der Waals surface area contributed by atoms with Crippen LogP contribution < -0.4 is 0 Å². The van der Waals surface area contributed by atoms with Crippen LogP contribution in [0.4, 0.5) is 0 Å². The van der Waals surface area contributed by atoms with Gasteiger partial charge in [0, 0.05) is 44.1 Å². The van der Waals surface area contributed by atoms with Gasteiger partial charge in [0.25, 0.3) is 5.91 Å². The number of rotatable bonds is 4. The minimum absolute atomic E-state index is 0.00665. The molecule has 0 saturated heterocycles. The smallest absolute Gasteiger partial charge is 0.272 e. The Morgan fingerprint density at radius 2 is 2.04 bits per heavy atom. The number of amides is 1. The third kappa shape index (κ3) is 3.35. The number of para-hydroxylation sites is 1. The van der Waals surface area contributed by atoms with E-state index in [0.717, 1.165) is 30.4 Å². The van der Waals surface area contributed by atoms with Gasteiger partial charge in [-0.3, -0.25) is 4.79 Å². The topological polar surface area (TPSA) is 47.4 Å². The Morgan fingerprint density at radius 1 is 1.15 bits per heavy atom. The number of pyridine rings is 1. The number of fused-ring (bicyclic) bond motifs is 2. The van der Waals surface area contributed by atoms with Crippen molar-refractivity contribution in [1.82, 2.24) is 14.5 Å². The average molecular weight is 349 g/mol. The van der Waals surface area contributed by atoms with E-state index in [2.05, 4.69) is 21.8 Å². The number of nitrogens with zero attached hydrogens (tertiary/aromatic N) is 3. The fraction of sp³-hybridized carbons (Fsp3) is 0.333. The Morgan fingerprint density at radius 3 is 2.92 bits per heavy atom. The third-order valence-electron chi connectivity index (χ3n) is 5.04. The second-order valence-electron chi connectivity index (χ2n) is 6.87. The molecule has 3 aromatic rings. The number of hydrogen-bond acceptors (Lipinski definition) is 3. The molecule has 26 heavy (non-hydrogen) atoms. The second kappa shape index (κ2) is 7.30. The Hall–Kier alpha value is -2.66. The molecule has 0 spiro atoms. The Bertz CT molecular complexity index is 918. The van der Waals surface area contributed by atoms with Gasteiger partial charge in [0.1, 0.15) is 5.69 Å². The summed E-state index contributed by atoms with van der Waals surface area (Å²) in [7, 11) is 1.72. The molecule has 1 amide bonds. The third-order valence-corrected chi connectivity index (χ3v) is 5.04. The summed E-state index contributed by atoms with van der Waals surface area (Å²) in [5, 5.41) is 1.05. The predicted octanol–water partition coefficient (Wildman–Crippen LogP) is 3.35. The fourth-order valence-electron chi connectivity index (χ4n) is 3.65. The van der Waals surface area contributed by atoms with E-state index >= 15 is 0 Å². The molecule has 0 N–H and O–H groups in total. The largest absolute Gasteiger partial charge is 0.385 e. The van der Waals surface area contributed by atoms with Gasteiger partial charge in [-0.25, -0.2) is 4.98 Å². The molecule has 0 bridgehead atoms. The van der Waals surface area contributed by atoms with E-state index in [1.165, 1.54) is 5.69 Å². The van der Waals surface area contributed by atoms with E-state index in [0.29, 0.717) is 24.8 Å². The van der Waals surface area contributed by atoms with Crippen LogP contribution in [0.3, 0.4) is 0 Å². The van der Waals surface area contributed by atoms with Gasteiger partial charge in [0.15, 0.2) is 0 Å². The molecule has 4 rings (SSSR count). The highest BCUT2D eigenvalue weighted by atomic mass is 16.5. The van der Waals surface area contributed by atoms with Crippen LogP contribution in [0, 0.1) is 5.92 Å². The van der Waals surface area contributed by atoms with Crippen LogP contribution >= 0.6 is 0 Å². The van der Waals surface area contributed by atoms with E-state index in [9.17, 15) is 4.79 Å². The van der Waals surface area contributed by atoms with Crippen molar-refractivity contribution in [1.29, 1.82) is 0 Å². The average Bonchev–Trinajstić information content (AvgIpc) is 3.03. The standard InChI is InChI=1S/C21H23N3O2/c1-26-12-10-16-13-23-11-4-6-18(23)15-24(14-16)21(25)20-9-8-17-5-2-3-7-19(17)22-20/h2-9,11,16H,10,12-15H2,1H3/t16-/m1/s1. The van der Waals surface area contributed by atoms with Gasteiger partial charge in [0.05, 0.1) is 12.1 Å². The van der Waals surface area contributed by atoms with E-state index in [4.69, 9.17) is 4.74 Å². The molecule has 1 atom stereocenters. The number of methoxy groups -OCH3 is 1. The molecule has 5 heteroatoms. The van der Waals surface area contributed by atoms with E-state index in [1.807, 2.05) is 47.4 Å². The molecule has 0 radical (unpaired) electrons. The van der Waals surface area contributed by atoms with Gasteiger partial charge in [-0.15, -0.1) is 0 Å². The fourth-order valence-corrected chi connectivity index (χ4v) is 3.65. The van der Waals surface area contributed by atoms with E-state index in [-0.39, 0.29) is 5.91 Å². The normalized spacial score (nSPS) is 17.1. The van der Waals surface area contributed by atoms with Gasteiger partial charge in [0.2, 0.25) is 0 Å². The van der Waals surface area contributed by atoms with Crippen molar-refractivity contribution in [2.75, 3.05) is 20.3 Å². The molecular formula is C21H23N3O2. The Balaban J connectivity index is 1.62. The van der Waals surface area contributed by atoms with Crippen LogP contribution in [0.15, 0.2) is 54.7 Å². The molecule has 3 heterocycles. The first-order valence-corrected chi connectivity index (χ1v) is 9.02. The number of carbonyl (C=O) groups excluding carboxylic acids is 1. The lowest BCUT2D eigenvalue weighted by atomic mass is 10.1. The number of ether oxygens (including phenoxy) is 1. The molecule has 134 valence electrons. The number of hydrogen-bond donors (Lipinski definition) is 0. The highest BCUT2D eigenvalue weighted by Gasteiger charge is 2.26. The van der Waals surface area contributed by atoms with E-state index < -0.39 is 0 Å². The van der Waals surface area contributed by atoms with Gasteiger partial charge < -0.3 is 14.2 Å². The van der Waals surface area contributed by atoms with Crippen molar-refractivity contribution in [2.45, 2.75) is 19.5 Å². The van der Waals surface area contributed by atoms with Gasteiger partial charge in [-0.05, 0) is 36.6 Å². The van der Waals surface area contributed by atoms with Crippen LogP contribution in [0.5, 0.6) is 0 Å². The lowest BCUT2D eigenvalue weighted by Crippen LogP contribution is -2.34. The zero-order chi connectivity index (χ0) is 17.9. The van der Waals surface area contributed by atoms with E-state index in [1.54, 1.807) is 7.11 Å². The second-order valence-corrected chi connectivity index (χ2v) is 6.87. The first kappa shape index (κ1) is 16.8. The van der Waals surface area contributed by atoms with Crippen LogP contribution in [-0.2, 0) is 17.8 Å². The van der Waals surface area contributed by atoms with Crippen LogP contribution in [-0.4, -0.2) is 40.6 Å². The van der Waals surface area contributed by atoms with Crippen molar-refractivity contribution < 1.29 is 9.53 Å². The van der Waals surface area contributed by atoms with Crippen molar-refractivity contribution in [2.24, 2.45) is 5.92 Å². The van der Waals surface area contributed by atoms with Gasteiger partial charge >= 0.3 is 0 Å². The molecule has 1 aromatic carbocycles. The van der Waals surface area contributed by atoms with Crippen LogP contribution in [0.2, 0.25) is 0 Å². The zero-order valence-corrected chi connectivity index (χ0v) is 15.0. The Kier molecular flexibility index (Phi) is 4.71. The van der Waals surface area contributed by atoms with Crippen molar-refractivity contribution in [3.05, 3.63) is 66.1 Å². The summed E-state index contributed by atoms with van der Waals surface area (Å²) in [4.78, 5) is 19.7. The molecule has 1 aliphatic rings. The summed E-state index contributed by atoms with van der Waals surface area (Å²) < 4.78 is 7.51. The van der Waals surface area contributed by atoms with Crippen molar-refractivity contribution >= 4 is 16.8 Å². The minimum Gasteiger partial charge on any atom is -0.385 e. The predicted molar refractivity (Wildman–Crippen MR) is 101 cm³/mol. The zero-order valence-electron chi connectivity index (χ0n) is 15.0. The summed E-state index contributed by atoms with van der Waals surface area (Å²) in [5.41, 5.74) is 2.53. The summed E-state index contributed by atoms with van der Waals surface area (Å²) in [5.74, 6) is 0.362. The quantitative estimate of drug-likeness (QED) is 0.726. The molecule has 5 nitrogen and oxygen atoms in total. The highest BCUT2D eigenvalue weighted by molar-refractivity contribution is 5.94. The number of aromatic nitrogens is 2. The first-order chi connectivity index (χ1) is 12.7. The van der Waals surface area contributed by atoms with Gasteiger partial charge in [-0.2, -0.15) is 0 Å². The van der Waals surface area contributed by atoms with Crippen molar-refractivity contribution in [3.8, 4) is 0 Å². The molecule has 0 fully saturated rings. The summed E-state index contributed by atoms with van der Waals surface area (Å²) in [6.07, 6.45) is 3.03. The number of carbonyl (C=O) groups is 1. The lowest BCUT2D eigenvalue weighted by molar-refractivity contribution is 0.0700. The lowest BCUT2D eigenvalue weighted by Gasteiger charge is -2.24. The summed E-state index contributed by atoms with van der Waals surface area (Å²) in [6.45, 7) is 2.96. The highest BCUT2D eigenvalue weighted by Crippen LogP contribution is 2.22. The summed E-state index contributed by atoms with van der Waals surface area (Å²) >= 11 is 0. The first-order valence-electron chi connectivity index (χ1n) is 9.02. The maximum absolute atomic E-state index is 13.2. The molecule has 2 aromatic heterocycles. The Labute approximate surface area is 153 Å². The van der Waals surface area contributed by atoms with Crippen LogP contribution in [0.1, 0.15) is 22.6 Å². The molecule has 1 aliphatic heterocycles. The minimum atomic E-state index is -0.00665. The SMILES string of the molecule is COCC[C@H]1CN(C(=O)c2ccc3ccccc3n2)Cc2cccn2C1.